The van der Waals surface area contributed by atoms with Gasteiger partial charge in [-0.2, -0.15) is 0 Å². The van der Waals surface area contributed by atoms with E-state index in [1.165, 1.54) is 18.9 Å². The predicted molar refractivity (Wildman–Crippen MR) is 69.6 cm³/mol. The van der Waals surface area contributed by atoms with Crippen LogP contribution in [0.3, 0.4) is 0 Å². The smallest absolute Gasteiger partial charge is 0.330 e. The van der Waals surface area contributed by atoms with E-state index in [2.05, 4.69) is 33.1 Å². The van der Waals surface area contributed by atoms with Crippen LogP contribution >= 0.6 is 0 Å². The molecule has 0 aromatic rings. The molecule has 4 nitrogen and oxygen atoms in total. The second-order valence-electron chi connectivity index (χ2n) is 5.88. The van der Waals surface area contributed by atoms with Gasteiger partial charge in [-0.05, 0) is 30.6 Å². The lowest BCUT2D eigenvalue weighted by molar-refractivity contribution is -0.150. The monoisotopic (exact) mass is 253 g/mol. The molecule has 0 aromatic heterocycles. The molecule has 3 unspecified atom stereocenters. The first-order valence-corrected chi connectivity index (χ1v) is 6.32. The highest BCUT2D eigenvalue weighted by atomic mass is 16.5. The fraction of sp³-hybridized carbons (Fsp3) is 0.714. The van der Waals surface area contributed by atoms with Crippen LogP contribution in [0.2, 0.25) is 0 Å². The molecule has 2 aliphatic carbocycles. The molecule has 0 saturated heterocycles. The van der Waals surface area contributed by atoms with Crippen LogP contribution in [0.15, 0.2) is 12.7 Å². The summed E-state index contributed by atoms with van der Waals surface area (Å²) in [6.45, 7) is 10.3. The maximum absolute atomic E-state index is 11.3. The first-order valence-electron chi connectivity index (χ1n) is 6.32. The van der Waals surface area contributed by atoms with Crippen LogP contribution in [0.4, 0.5) is 0 Å². The Hall–Kier alpha value is -1.32. The summed E-state index contributed by atoms with van der Waals surface area (Å²) < 4.78 is 5.48. The summed E-state index contributed by atoms with van der Waals surface area (Å²) in [7, 11) is 0. The average Bonchev–Trinajstić information content (AvgIpc) is 2.63. The van der Waals surface area contributed by atoms with Gasteiger partial charge in [0.05, 0.1) is 0 Å². The standard InChI is InChI=1S/C13H20O2.CH3NO/c1-5-11(14)15-10-8-9-6-7-13(10,4)12(9,2)3;2-1-3/h5,9-10H,1,6-8H2,2-4H3;1H,(H2,2,3). The Balaban J connectivity index is 0.000000492. The van der Waals surface area contributed by atoms with Crippen molar-refractivity contribution in [2.45, 2.75) is 46.1 Å². The lowest BCUT2D eigenvalue weighted by Gasteiger charge is -2.38. The Morgan fingerprint density at radius 2 is 2.00 bits per heavy atom. The van der Waals surface area contributed by atoms with Crippen molar-refractivity contribution in [1.82, 2.24) is 0 Å². The summed E-state index contributed by atoms with van der Waals surface area (Å²) in [5.74, 6) is 0.440. The second-order valence-corrected chi connectivity index (χ2v) is 5.88. The highest BCUT2D eigenvalue weighted by Gasteiger charge is 2.62. The number of fused-ring (bicyclic) bond motifs is 2. The zero-order valence-corrected chi connectivity index (χ0v) is 11.4. The lowest BCUT2D eigenvalue weighted by atomic mass is 9.70. The minimum Gasteiger partial charge on any atom is -0.459 e. The highest BCUT2D eigenvalue weighted by Crippen LogP contribution is 2.66. The SMILES string of the molecule is C=CC(=O)OC1CC2CCC1(C)C2(C)C.NC=O. The Kier molecular flexibility index (Phi) is 4.20. The summed E-state index contributed by atoms with van der Waals surface area (Å²) in [6, 6.07) is 0. The molecule has 0 radical (unpaired) electrons. The van der Waals surface area contributed by atoms with E-state index in [0.717, 1.165) is 6.42 Å². The van der Waals surface area contributed by atoms with E-state index >= 15 is 0 Å². The van der Waals surface area contributed by atoms with Gasteiger partial charge in [-0.15, -0.1) is 0 Å². The van der Waals surface area contributed by atoms with Gasteiger partial charge in [0.2, 0.25) is 6.41 Å². The van der Waals surface area contributed by atoms with Crippen molar-refractivity contribution in [1.29, 1.82) is 0 Å². The van der Waals surface area contributed by atoms with E-state index < -0.39 is 0 Å². The Morgan fingerprint density at radius 3 is 2.33 bits per heavy atom. The Bertz CT molecular complexity index is 351. The summed E-state index contributed by atoms with van der Waals surface area (Å²) in [6.07, 6.45) is 5.10. The third-order valence-electron chi connectivity index (χ3n) is 5.14. The van der Waals surface area contributed by atoms with E-state index in [-0.39, 0.29) is 23.9 Å². The highest BCUT2D eigenvalue weighted by molar-refractivity contribution is 5.81. The van der Waals surface area contributed by atoms with Crippen molar-refractivity contribution in [2.24, 2.45) is 22.5 Å². The Labute approximate surface area is 109 Å². The minimum atomic E-state index is -0.274. The molecule has 18 heavy (non-hydrogen) atoms. The van der Waals surface area contributed by atoms with Gasteiger partial charge in [-0.1, -0.05) is 27.4 Å². The van der Waals surface area contributed by atoms with Gasteiger partial charge in [0.1, 0.15) is 6.10 Å². The van der Waals surface area contributed by atoms with E-state index in [9.17, 15) is 4.79 Å². The molecule has 0 aliphatic heterocycles. The molecule has 2 rings (SSSR count). The van der Waals surface area contributed by atoms with Crippen LogP contribution in [0.1, 0.15) is 40.0 Å². The zero-order chi connectivity index (χ0) is 14.0. The van der Waals surface area contributed by atoms with Crippen LogP contribution < -0.4 is 5.73 Å². The van der Waals surface area contributed by atoms with Crippen molar-refractivity contribution in [3.63, 3.8) is 0 Å². The van der Waals surface area contributed by atoms with Gasteiger partial charge in [0.25, 0.3) is 0 Å². The van der Waals surface area contributed by atoms with Gasteiger partial charge in [-0.25, -0.2) is 4.79 Å². The van der Waals surface area contributed by atoms with Crippen molar-refractivity contribution < 1.29 is 14.3 Å². The van der Waals surface area contributed by atoms with Crippen molar-refractivity contribution in [2.75, 3.05) is 0 Å². The summed E-state index contributed by atoms with van der Waals surface area (Å²) >= 11 is 0. The number of carbonyl (C=O) groups is 2. The van der Waals surface area contributed by atoms with E-state index in [1.807, 2.05) is 0 Å². The second kappa shape index (κ2) is 5.12. The number of carbonyl (C=O) groups excluding carboxylic acids is 2. The maximum atomic E-state index is 11.3. The molecule has 1 amide bonds. The van der Waals surface area contributed by atoms with Gasteiger partial charge in [0.15, 0.2) is 0 Å². The van der Waals surface area contributed by atoms with Crippen LogP contribution in [-0.2, 0) is 14.3 Å². The number of hydrogen-bond acceptors (Lipinski definition) is 3. The van der Waals surface area contributed by atoms with Crippen molar-refractivity contribution >= 4 is 12.4 Å². The van der Waals surface area contributed by atoms with Crippen LogP contribution in [-0.4, -0.2) is 18.5 Å². The molecule has 3 atom stereocenters. The molecule has 2 bridgehead atoms. The summed E-state index contributed by atoms with van der Waals surface area (Å²) in [4.78, 5) is 19.8. The molecule has 102 valence electrons. The molecule has 2 saturated carbocycles. The number of primary amides is 1. The van der Waals surface area contributed by atoms with Crippen LogP contribution in [0.25, 0.3) is 0 Å². The molecule has 2 fully saturated rings. The zero-order valence-electron chi connectivity index (χ0n) is 11.4. The van der Waals surface area contributed by atoms with Gasteiger partial charge in [0, 0.05) is 11.5 Å². The lowest BCUT2D eigenvalue weighted by Crippen LogP contribution is -2.38. The van der Waals surface area contributed by atoms with Crippen LogP contribution in [0.5, 0.6) is 0 Å². The molecular formula is C14H23NO3. The molecule has 0 aromatic carbocycles. The molecular weight excluding hydrogens is 230 g/mol. The van der Waals surface area contributed by atoms with Gasteiger partial charge < -0.3 is 10.5 Å². The number of ether oxygens (including phenoxy) is 1. The van der Waals surface area contributed by atoms with Gasteiger partial charge in [-0.3, -0.25) is 4.79 Å². The molecule has 0 heterocycles. The van der Waals surface area contributed by atoms with Crippen molar-refractivity contribution in [3.8, 4) is 0 Å². The fourth-order valence-electron chi connectivity index (χ4n) is 3.50. The molecule has 2 aliphatic rings. The first-order chi connectivity index (χ1) is 8.33. The summed E-state index contributed by atoms with van der Waals surface area (Å²) in [5, 5.41) is 0. The molecule has 0 spiro atoms. The Morgan fingerprint density at radius 1 is 1.44 bits per heavy atom. The quantitative estimate of drug-likeness (QED) is 0.465. The summed E-state index contributed by atoms with van der Waals surface area (Å²) in [5.41, 5.74) is 4.63. The third-order valence-corrected chi connectivity index (χ3v) is 5.14. The topological polar surface area (TPSA) is 69.4 Å². The number of nitrogens with two attached hydrogens (primary N) is 1. The predicted octanol–water partition coefficient (Wildman–Crippen LogP) is 2.03. The number of esters is 1. The van der Waals surface area contributed by atoms with E-state index in [0.29, 0.717) is 11.3 Å². The largest absolute Gasteiger partial charge is 0.459 e. The third kappa shape index (κ3) is 2.16. The van der Waals surface area contributed by atoms with E-state index in [1.54, 1.807) is 0 Å². The number of amides is 1. The van der Waals surface area contributed by atoms with Gasteiger partial charge >= 0.3 is 5.97 Å². The van der Waals surface area contributed by atoms with Crippen molar-refractivity contribution in [3.05, 3.63) is 12.7 Å². The molecule has 4 heteroatoms. The average molecular weight is 253 g/mol. The van der Waals surface area contributed by atoms with E-state index in [4.69, 9.17) is 9.53 Å². The maximum Gasteiger partial charge on any atom is 0.330 e. The fourth-order valence-corrected chi connectivity index (χ4v) is 3.50. The number of hydrogen-bond donors (Lipinski definition) is 1. The molecule has 2 N–H and O–H groups in total. The van der Waals surface area contributed by atoms with Crippen LogP contribution in [0, 0.1) is 16.7 Å². The first kappa shape index (κ1) is 14.7. The number of rotatable bonds is 2. The minimum absolute atomic E-state index is 0.0942. The normalized spacial score (nSPS) is 35.3.